The average Bonchev–Trinajstić information content (AvgIpc) is 2.84. The lowest BCUT2D eigenvalue weighted by Gasteiger charge is -2.11. The smallest absolute Gasteiger partial charge is 0.253 e. The molecule has 0 bridgehead atoms. The van der Waals surface area contributed by atoms with E-state index in [2.05, 4.69) is 25.6 Å². The van der Waals surface area contributed by atoms with Crippen LogP contribution in [0.2, 0.25) is 0 Å². The van der Waals surface area contributed by atoms with Crippen LogP contribution in [0.3, 0.4) is 0 Å². The van der Waals surface area contributed by atoms with Crippen LogP contribution in [0.4, 0.5) is 5.95 Å². The quantitative estimate of drug-likeness (QED) is 0.333. The zero-order valence-electron chi connectivity index (χ0n) is 19.5. The predicted molar refractivity (Wildman–Crippen MR) is 134 cm³/mol. The lowest BCUT2D eigenvalue weighted by molar-refractivity contribution is -0.119. The van der Waals surface area contributed by atoms with E-state index in [0.29, 0.717) is 17.0 Å². The van der Waals surface area contributed by atoms with Crippen molar-refractivity contribution < 1.29 is 14.3 Å². The molecule has 0 unspecified atom stereocenters. The fourth-order valence-electron chi connectivity index (χ4n) is 3.53. The van der Waals surface area contributed by atoms with Gasteiger partial charge in [-0.1, -0.05) is 60.7 Å². The molecule has 8 nitrogen and oxygen atoms in total. The minimum Gasteiger partial charge on any atom is -0.497 e. The number of methoxy groups -OCH3 is 1. The van der Waals surface area contributed by atoms with E-state index in [0.717, 1.165) is 16.5 Å². The summed E-state index contributed by atoms with van der Waals surface area (Å²) in [7, 11) is 1.58. The predicted octanol–water partition coefficient (Wildman–Crippen LogP) is 3.65. The minimum absolute atomic E-state index is 0.0338. The third kappa shape index (κ3) is 6.48. The van der Waals surface area contributed by atoms with Gasteiger partial charge in [-0.25, -0.2) is 9.97 Å². The molecule has 0 saturated carbocycles. The third-order valence-corrected chi connectivity index (χ3v) is 5.23. The molecule has 3 aromatic carbocycles. The van der Waals surface area contributed by atoms with Crippen molar-refractivity contribution in [2.75, 3.05) is 7.11 Å². The van der Waals surface area contributed by atoms with Gasteiger partial charge in [-0.05, 0) is 30.2 Å². The fourth-order valence-corrected chi connectivity index (χ4v) is 3.53. The number of carbonyl (C=O) groups is 2. The number of ether oxygens (including phenoxy) is 1. The molecule has 2 N–H and O–H groups in total. The molecule has 176 valence electrons. The summed E-state index contributed by atoms with van der Waals surface area (Å²) >= 11 is 0. The average molecular weight is 468 g/mol. The number of benzene rings is 3. The van der Waals surface area contributed by atoms with Gasteiger partial charge in [-0.2, -0.15) is 4.99 Å². The van der Waals surface area contributed by atoms with E-state index in [9.17, 15) is 9.59 Å². The largest absolute Gasteiger partial charge is 0.497 e. The Bertz CT molecular complexity index is 1310. The van der Waals surface area contributed by atoms with Crippen molar-refractivity contribution in [3.63, 3.8) is 0 Å². The van der Waals surface area contributed by atoms with Crippen molar-refractivity contribution in [2.45, 2.75) is 19.8 Å². The number of aryl methyl sites for hydroxylation is 1. The number of carbonyl (C=O) groups excluding carboxylic acids is 2. The van der Waals surface area contributed by atoms with E-state index >= 15 is 0 Å². The van der Waals surface area contributed by atoms with Crippen molar-refractivity contribution in [1.82, 2.24) is 20.6 Å². The number of fused-ring (bicyclic) bond motifs is 1. The van der Waals surface area contributed by atoms with Crippen LogP contribution in [0.15, 0.2) is 83.9 Å². The van der Waals surface area contributed by atoms with E-state index in [1.807, 2.05) is 79.7 Å². The molecule has 0 radical (unpaired) electrons. The molecule has 0 saturated heterocycles. The summed E-state index contributed by atoms with van der Waals surface area (Å²) < 4.78 is 5.29. The van der Waals surface area contributed by atoms with Crippen LogP contribution in [-0.4, -0.2) is 34.9 Å². The van der Waals surface area contributed by atoms with Crippen LogP contribution < -0.4 is 15.4 Å². The molecular weight excluding hydrogens is 442 g/mol. The van der Waals surface area contributed by atoms with Gasteiger partial charge < -0.3 is 4.74 Å². The molecule has 1 aromatic heterocycles. The number of hydrogen-bond donors (Lipinski definition) is 2. The highest BCUT2D eigenvalue weighted by molar-refractivity contribution is 6.06. The van der Waals surface area contributed by atoms with Gasteiger partial charge >= 0.3 is 0 Å². The lowest BCUT2D eigenvalue weighted by atomic mass is 10.1. The van der Waals surface area contributed by atoms with Crippen molar-refractivity contribution in [3.05, 3.63) is 95.7 Å². The number of nitrogens with one attached hydrogen (secondary N) is 2. The number of aliphatic imine (C=N–C) groups is 1. The normalized spacial score (nSPS) is 10.5. The van der Waals surface area contributed by atoms with Crippen molar-refractivity contribution in [1.29, 1.82) is 0 Å². The summed E-state index contributed by atoms with van der Waals surface area (Å²) in [5.41, 5.74) is 3.03. The van der Waals surface area contributed by atoms with Gasteiger partial charge in [0.25, 0.3) is 5.95 Å². The van der Waals surface area contributed by atoms with Crippen LogP contribution in [0.25, 0.3) is 10.9 Å². The topological polar surface area (TPSA) is 106 Å². The first kappa shape index (κ1) is 23.6. The van der Waals surface area contributed by atoms with Gasteiger partial charge in [0.15, 0.2) is 0 Å². The molecule has 0 aliphatic heterocycles. The van der Waals surface area contributed by atoms with Gasteiger partial charge in [-0.3, -0.25) is 20.2 Å². The second-order valence-electron chi connectivity index (χ2n) is 7.87. The Hall–Kier alpha value is -4.59. The van der Waals surface area contributed by atoms with E-state index in [1.165, 1.54) is 0 Å². The number of nitrogens with zero attached hydrogens (tertiary/aromatic N) is 3. The highest BCUT2D eigenvalue weighted by atomic mass is 16.5. The zero-order chi connectivity index (χ0) is 24.6. The van der Waals surface area contributed by atoms with Crippen molar-refractivity contribution >= 4 is 34.6 Å². The van der Waals surface area contributed by atoms with Gasteiger partial charge in [-0.15, -0.1) is 0 Å². The Kier molecular flexibility index (Phi) is 7.42. The van der Waals surface area contributed by atoms with Gasteiger partial charge in [0, 0.05) is 11.5 Å². The van der Waals surface area contributed by atoms with Crippen LogP contribution in [0, 0.1) is 6.92 Å². The second kappa shape index (κ2) is 11.0. The second-order valence-corrected chi connectivity index (χ2v) is 7.87. The summed E-state index contributed by atoms with van der Waals surface area (Å²) in [6.45, 7) is 1.84. The number of guanidine groups is 1. The molecule has 4 rings (SSSR count). The molecule has 1 heterocycles. The molecule has 2 amide bonds. The van der Waals surface area contributed by atoms with Gasteiger partial charge in [0.05, 0.1) is 31.2 Å². The maximum Gasteiger partial charge on any atom is 0.253 e. The number of amides is 2. The van der Waals surface area contributed by atoms with Crippen LogP contribution in [0.1, 0.15) is 16.8 Å². The Labute approximate surface area is 203 Å². The summed E-state index contributed by atoms with van der Waals surface area (Å²) in [5.74, 6) is 0.0770. The highest BCUT2D eigenvalue weighted by Gasteiger charge is 2.13. The SMILES string of the molecule is COc1ccc2c(C)nc(N=C(NC(=O)Cc3ccccc3)NC(=O)Cc3ccccc3)nc2c1. The van der Waals surface area contributed by atoms with Crippen LogP contribution in [0.5, 0.6) is 5.75 Å². The molecule has 0 aliphatic rings. The summed E-state index contributed by atoms with van der Waals surface area (Å²) in [6, 6.07) is 24.1. The Morgan fingerprint density at radius 3 is 1.94 bits per heavy atom. The maximum atomic E-state index is 12.7. The maximum absolute atomic E-state index is 12.7. The molecule has 35 heavy (non-hydrogen) atoms. The van der Waals surface area contributed by atoms with Crippen molar-refractivity contribution in [2.24, 2.45) is 4.99 Å². The van der Waals surface area contributed by atoms with E-state index in [4.69, 9.17) is 4.74 Å². The van der Waals surface area contributed by atoms with E-state index < -0.39 is 0 Å². The van der Waals surface area contributed by atoms with Crippen molar-refractivity contribution in [3.8, 4) is 5.75 Å². The number of rotatable bonds is 6. The van der Waals surface area contributed by atoms with Crippen LogP contribution in [-0.2, 0) is 22.4 Å². The molecular formula is C27H25N5O3. The zero-order valence-corrected chi connectivity index (χ0v) is 19.5. The first-order valence-corrected chi connectivity index (χ1v) is 11.1. The van der Waals surface area contributed by atoms with Crippen LogP contribution >= 0.6 is 0 Å². The van der Waals surface area contributed by atoms with E-state index in [-0.39, 0.29) is 36.6 Å². The van der Waals surface area contributed by atoms with E-state index in [1.54, 1.807) is 13.2 Å². The minimum atomic E-state index is -0.325. The fraction of sp³-hybridized carbons (Fsp3) is 0.148. The highest BCUT2D eigenvalue weighted by Crippen LogP contribution is 2.23. The Balaban J connectivity index is 1.61. The molecule has 0 fully saturated rings. The summed E-state index contributed by atoms with van der Waals surface area (Å²) in [6.07, 6.45) is 0.256. The molecule has 0 aliphatic carbocycles. The number of aromatic nitrogens is 2. The first-order chi connectivity index (χ1) is 17.0. The standard InChI is InChI=1S/C27H25N5O3/c1-18-22-14-13-21(35-2)17-23(22)29-26(28-18)32-27(30-24(33)15-19-9-5-3-6-10-19)31-25(34)16-20-11-7-4-8-12-20/h3-14,17H,15-16H2,1-2H3,(H2,28,29,30,31,32,33,34). The van der Waals surface area contributed by atoms with Gasteiger partial charge in [0.1, 0.15) is 5.75 Å². The first-order valence-electron chi connectivity index (χ1n) is 11.1. The molecule has 0 atom stereocenters. The van der Waals surface area contributed by atoms with Gasteiger partial charge in [0.2, 0.25) is 17.8 Å². The summed E-state index contributed by atoms with van der Waals surface area (Å²) in [5, 5.41) is 6.24. The monoisotopic (exact) mass is 467 g/mol. The third-order valence-electron chi connectivity index (χ3n) is 5.23. The Morgan fingerprint density at radius 1 is 0.829 bits per heavy atom. The number of hydrogen-bond acceptors (Lipinski definition) is 6. The summed E-state index contributed by atoms with van der Waals surface area (Å²) in [4.78, 5) is 38.7. The Morgan fingerprint density at radius 2 is 1.40 bits per heavy atom. The lowest BCUT2D eigenvalue weighted by Crippen LogP contribution is -2.44. The molecule has 0 spiro atoms. The molecule has 8 heteroatoms. The molecule has 4 aromatic rings.